The van der Waals surface area contributed by atoms with Crippen LogP contribution in [-0.4, -0.2) is 37.8 Å². The molecule has 2 nitrogen and oxygen atoms in total. The number of hydrogen-bond acceptors (Lipinski definition) is 3. The summed E-state index contributed by atoms with van der Waals surface area (Å²) in [4.78, 5) is 0. The molecule has 1 aliphatic heterocycles. The summed E-state index contributed by atoms with van der Waals surface area (Å²) >= 11 is 2.05. The highest BCUT2D eigenvalue weighted by Crippen LogP contribution is 2.16. The Morgan fingerprint density at radius 1 is 1.64 bits per heavy atom. The molecule has 1 aliphatic rings. The van der Waals surface area contributed by atoms with Crippen molar-refractivity contribution >= 4 is 11.8 Å². The van der Waals surface area contributed by atoms with Crippen LogP contribution in [0.25, 0.3) is 0 Å². The van der Waals surface area contributed by atoms with Gasteiger partial charge >= 0.3 is 0 Å². The van der Waals surface area contributed by atoms with Crippen LogP contribution in [0.2, 0.25) is 0 Å². The first-order chi connectivity index (χ1) is 5.43. The third-order valence-electron chi connectivity index (χ3n) is 1.89. The standard InChI is InChI=1S/C8H17NOS/c1-10-5-2-4-9-8-3-6-11-7-8/h8-9H,2-7H2,1H3/t8-/m0/s1. The second-order valence-corrected chi connectivity index (χ2v) is 4.01. The van der Waals surface area contributed by atoms with Crippen molar-refractivity contribution in [3.8, 4) is 0 Å². The van der Waals surface area contributed by atoms with Gasteiger partial charge in [0.05, 0.1) is 0 Å². The Balaban J connectivity index is 1.86. The first kappa shape index (κ1) is 9.36. The Morgan fingerprint density at radius 2 is 2.55 bits per heavy atom. The predicted molar refractivity (Wildman–Crippen MR) is 50.2 cm³/mol. The quantitative estimate of drug-likeness (QED) is 0.633. The van der Waals surface area contributed by atoms with Gasteiger partial charge in [-0.25, -0.2) is 0 Å². The fourth-order valence-corrected chi connectivity index (χ4v) is 2.41. The molecule has 0 aromatic carbocycles. The van der Waals surface area contributed by atoms with Gasteiger partial charge in [0.2, 0.25) is 0 Å². The van der Waals surface area contributed by atoms with E-state index in [1.807, 2.05) is 0 Å². The van der Waals surface area contributed by atoms with Crippen molar-refractivity contribution in [2.45, 2.75) is 18.9 Å². The lowest BCUT2D eigenvalue weighted by atomic mass is 10.2. The van der Waals surface area contributed by atoms with Crippen LogP contribution >= 0.6 is 11.8 Å². The summed E-state index contributed by atoms with van der Waals surface area (Å²) in [5.41, 5.74) is 0. The molecule has 1 fully saturated rings. The van der Waals surface area contributed by atoms with Crippen LogP contribution in [0.3, 0.4) is 0 Å². The first-order valence-electron chi connectivity index (χ1n) is 4.23. The molecule has 0 amide bonds. The summed E-state index contributed by atoms with van der Waals surface area (Å²) in [6, 6.07) is 0.775. The fourth-order valence-electron chi connectivity index (χ4n) is 1.22. The summed E-state index contributed by atoms with van der Waals surface area (Å²) in [7, 11) is 1.76. The molecule has 66 valence electrons. The van der Waals surface area contributed by atoms with E-state index >= 15 is 0 Å². The zero-order valence-corrected chi connectivity index (χ0v) is 7.95. The van der Waals surface area contributed by atoms with E-state index in [9.17, 15) is 0 Å². The number of hydrogen-bond donors (Lipinski definition) is 1. The van der Waals surface area contributed by atoms with E-state index in [4.69, 9.17) is 4.74 Å². The van der Waals surface area contributed by atoms with E-state index in [1.165, 1.54) is 17.9 Å². The lowest BCUT2D eigenvalue weighted by molar-refractivity contribution is 0.193. The van der Waals surface area contributed by atoms with Crippen molar-refractivity contribution in [1.29, 1.82) is 0 Å². The SMILES string of the molecule is COCCCN[C@H]1CCSC1. The van der Waals surface area contributed by atoms with Crippen LogP contribution in [0.4, 0.5) is 0 Å². The lowest BCUT2D eigenvalue weighted by Crippen LogP contribution is -2.29. The Kier molecular flexibility index (Phi) is 4.99. The van der Waals surface area contributed by atoms with Gasteiger partial charge in [0.25, 0.3) is 0 Å². The Hall–Kier alpha value is 0.270. The minimum atomic E-state index is 0.775. The summed E-state index contributed by atoms with van der Waals surface area (Å²) in [6.07, 6.45) is 2.48. The maximum Gasteiger partial charge on any atom is 0.0474 e. The number of ether oxygens (including phenoxy) is 1. The fraction of sp³-hybridized carbons (Fsp3) is 1.00. The summed E-state index contributed by atoms with van der Waals surface area (Å²) in [6.45, 7) is 1.99. The molecule has 1 heterocycles. The second kappa shape index (κ2) is 5.86. The molecule has 1 saturated heterocycles. The summed E-state index contributed by atoms with van der Waals surface area (Å²) < 4.78 is 4.96. The van der Waals surface area contributed by atoms with Gasteiger partial charge in [-0.1, -0.05) is 0 Å². The number of methoxy groups -OCH3 is 1. The summed E-state index contributed by atoms with van der Waals surface area (Å²) in [5.74, 6) is 2.63. The molecule has 0 saturated carbocycles. The Bertz CT molecular complexity index is 94.1. The zero-order valence-electron chi connectivity index (χ0n) is 7.14. The highest BCUT2D eigenvalue weighted by molar-refractivity contribution is 7.99. The molecule has 11 heavy (non-hydrogen) atoms. The normalized spacial score (nSPS) is 24.3. The third-order valence-corrected chi connectivity index (χ3v) is 3.05. The molecular weight excluding hydrogens is 158 g/mol. The Morgan fingerprint density at radius 3 is 3.18 bits per heavy atom. The van der Waals surface area contributed by atoms with E-state index in [0.717, 1.165) is 25.6 Å². The van der Waals surface area contributed by atoms with E-state index in [2.05, 4.69) is 17.1 Å². The lowest BCUT2D eigenvalue weighted by Gasteiger charge is -2.09. The molecule has 1 N–H and O–H groups in total. The van der Waals surface area contributed by atoms with Gasteiger partial charge in [0.1, 0.15) is 0 Å². The molecule has 0 aromatic rings. The van der Waals surface area contributed by atoms with E-state index < -0.39 is 0 Å². The van der Waals surface area contributed by atoms with Gasteiger partial charge < -0.3 is 10.1 Å². The minimum absolute atomic E-state index is 0.775. The van der Waals surface area contributed by atoms with Gasteiger partial charge in [0.15, 0.2) is 0 Å². The highest BCUT2D eigenvalue weighted by Gasteiger charge is 2.13. The number of thioether (sulfide) groups is 1. The topological polar surface area (TPSA) is 21.3 Å². The van der Waals surface area contributed by atoms with Crippen LogP contribution in [0.5, 0.6) is 0 Å². The van der Waals surface area contributed by atoms with Crippen molar-refractivity contribution in [3.05, 3.63) is 0 Å². The average Bonchev–Trinajstić information content (AvgIpc) is 2.50. The van der Waals surface area contributed by atoms with Crippen molar-refractivity contribution in [1.82, 2.24) is 5.32 Å². The molecule has 3 heteroatoms. The highest BCUT2D eigenvalue weighted by atomic mass is 32.2. The van der Waals surface area contributed by atoms with E-state index in [1.54, 1.807) is 7.11 Å². The van der Waals surface area contributed by atoms with Crippen molar-refractivity contribution in [2.24, 2.45) is 0 Å². The molecule has 0 bridgehead atoms. The number of nitrogens with one attached hydrogen (secondary N) is 1. The van der Waals surface area contributed by atoms with Gasteiger partial charge in [0, 0.05) is 25.5 Å². The predicted octanol–water partition coefficient (Wildman–Crippen LogP) is 1.12. The third kappa shape index (κ3) is 3.99. The molecule has 0 spiro atoms. The monoisotopic (exact) mass is 175 g/mol. The minimum Gasteiger partial charge on any atom is -0.385 e. The van der Waals surface area contributed by atoms with Gasteiger partial charge in [-0.3, -0.25) is 0 Å². The van der Waals surface area contributed by atoms with Gasteiger partial charge in [-0.15, -0.1) is 0 Å². The van der Waals surface area contributed by atoms with E-state index in [-0.39, 0.29) is 0 Å². The van der Waals surface area contributed by atoms with Crippen molar-refractivity contribution < 1.29 is 4.74 Å². The van der Waals surface area contributed by atoms with Crippen LogP contribution in [0.1, 0.15) is 12.8 Å². The molecule has 1 atom stereocenters. The van der Waals surface area contributed by atoms with Crippen LogP contribution in [-0.2, 0) is 4.74 Å². The van der Waals surface area contributed by atoms with Gasteiger partial charge in [-0.2, -0.15) is 11.8 Å². The molecule has 0 aromatic heterocycles. The maximum absolute atomic E-state index is 4.96. The largest absolute Gasteiger partial charge is 0.385 e. The molecule has 0 aliphatic carbocycles. The average molecular weight is 175 g/mol. The van der Waals surface area contributed by atoms with Crippen molar-refractivity contribution in [2.75, 3.05) is 31.8 Å². The Labute approximate surface area is 73.1 Å². The van der Waals surface area contributed by atoms with Crippen molar-refractivity contribution in [3.63, 3.8) is 0 Å². The maximum atomic E-state index is 4.96. The van der Waals surface area contributed by atoms with E-state index in [0.29, 0.717) is 0 Å². The zero-order chi connectivity index (χ0) is 7.94. The van der Waals surface area contributed by atoms with Crippen LogP contribution in [0, 0.1) is 0 Å². The molecule has 0 unspecified atom stereocenters. The number of rotatable bonds is 5. The molecule has 0 radical (unpaired) electrons. The summed E-state index contributed by atoms with van der Waals surface area (Å²) in [5, 5.41) is 3.52. The first-order valence-corrected chi connectivity index (χ1v) is 5.39. The second-order valence-electron chi connectivity index (χ2n) is 2.86. The smallest absolute Gasteiger partial charge is 0.0474 e. The molecular formula is C8H17NOS. The van der Waals surface area contributed by atoms with Crippen LogP contribution in [0.15, 0.2) is 0 Å². The van der Waals surface area contributed by atoms with Crippen LogP contribution < -0.4 is 5.32 Å². The van der Waals surface area contributed by atoms with Gasteiger partial charge in [-0.05, 0) is 25.1 Å². The molecule has 1 rings (SSSR count).